The third-order valence-electron chi connectivity index (χ3n) is 3.50. The van der Waals surface area contributed by atoms with E-state index in [1.165, 1.54) is 0 Å². The van der Waals surface area contributed by atoms with E-state index in [9.17, 15) is 5.11 Å². The lowest BCUT2D eigenvalue weighted by molar-refractivity contribution is 0.0465. The number of rotatable bonds is 4. The second-order valence-electron chi connectivity index (χ2n) is 5.02. The maximum atomic E-state index is 9.31. The Morgan fingerprint density at radius 3 is 2.79 bits per heavy atom. The molecule has 1 fully saturated rings. The van der Waals surface area contributed by atoms with Gasteiger partial charge in [0.2, 0.25) is 0 Å². The first-order valence-electron chi connectivity index (χ1n) is 6.18. The average Bonchev–Trinajstić information content (AvgIpc) is 2.35. The molecule has 0 spiro atoms. The van der Waals surface area contributed by atoms with Crippen molar-refractivity contribution in [3.8, 4) is 0 Å². The van der Waals surface area contributed by atoms with Crippen LogP contribution in [0.25, 0.3) is 0 Å². The van der Waals surface area contributed by atoms with Gasteiger partial charge in [0.15, 0.2) is 5.84 Å². The summed E-state index contributed by atoms with van der Waals surface area (Å²) in [5.74, 6) is 0.522. The van der Waals surface area contributed by atoms with Crippen molar-refractivity contribution in [3.63, 3.8) is 0 Å². The number of halogens is 1. The van der Waals surface area contributed by atoms with E-state index in [-0.39, 0.29) is 11.9 Å². The fourth-order valence-electron chi connectivity index (χ4n) is 2.44. The zero-order valence-electron chi connectivity index (χ0n) is 10.8. The summed E-state index contributed by atoms with van der Waals surface area (Å²) < 4.78 is 0. The largest absolute Gasteiger partial charge is 0.409 e. The molecular weight excluding hydrogens is 266 g/mol. The highest BCUT2D eigenvalue weighted by Crippen LogP contribution is 2.30. The predicted molar refractivity (Wildman–Crippen MR) is 76.0 cm³/mol. The lowest BCUT2D eigenvalue weighted by atomic mass is 9.82. The maximum Gasteiger partial charge on any atom is 0.172 e. The molecule has 0 saturated heterocycles. The predicted octanol–water partition coefficient (Wildman–Crippen LogP) is 1.64. The molecule has 0 aromatic heterocycles. The van der Waals surface area contributed by atoms with E-state index in [2.05, 4.69) is 5.16 Å². The molecule has 19 heavy (non-hydrogen) atoms. The number of aliphatic hydroxyl groups excluding tert-OH is 1. The molecule has 5 nitrogen and oxygen atoms in total. The monoisotopic (exact) mass is 283 g/mol. The summed E-state index contributed by atoms with van der Waals surface area (Å²) in [6.45, 7) is 0.824. The smallest absolute Gasteiger partial charge is 0.172 e. The van der Waals surface area contributed by atoms with Gasteiger partial charge in [-0.1, -0.05) is 16.8 Å². The van der Waals surface area contributed by atoms with Crippen LogP contribution >= 0.6 is 11.6 Å². The van der Waals surface area contributed by atoms with Gasteiger partial charge in [-0.3, -0.25) is 0 Å². The Morgan fingerprint density at radius 2 is 2.21 bits per heavy atom. The van der Waals surface area contributed by atoms with Crippen LogP contribution in [0.1, 0.15) is 18.4 Å². The summed E-state index contributed by atoms with van der Waals surface area (Å²) in [6, 6.07) is 5.31. The molecule has 104 valence electrons. The zero-order chi connectivity index (χ0) is 14.0. The first kappa shape index (κ1) is 14.0. The van der Waals surface area contributed by atoms with Crippen LogP contribution in [0.2, 0.25) is 5.02 Å². The SMILES string of the molecule is CN(CC1CC(O)C1)c1ccc(Cl)cc1C(N)=NO. The third kappa shape index (κ3) is 3.11. The van der Waals surface area contributed by atoms with Gasteiger partial charge in [0.25, 0.3) is 0 Å². The lowest BCUT2D eigenvalue weighted by Gasteiger charge is -2.35. The highest BCUT2D eigenvalue weighted by molar-refractivity contribution is 6.31. The normalized spacial score (nSPS) is 23.0. The van der Waals surface area contributed by atoms with Crippen LogP contribution in [0, 0.1) is 5.92 Å². The highest BCUT2D eigenvalue weighted by atomic mass is 35.5. The summed E-state index contributed by atoms with van der Waals surface area (Å²) in [7, 11) is 1.95. The van der Waals surface area contributed by atoms with Crippen LogP contribution in [0.15, 0.2) is 23.4 Å². The fraction of sp³-hybridized carbons (Fsp3) is 0.462. The van der Waals surface area contributed by atoms with Crippen LogP contribution < -0.4 is 10.6 Å². The quantitative estimate of drug-likeness (QED) is 0.340. The summed E-state index contributed by atoms with van der Waals surface area (Å²) >= 11 is 5.94. The summed E-state index contributed by atoms with van der Waals surface area (Å²) in [6.07, 6.45) is 1.50. The Bertz CT molecular complexity index is 487. The Labute approximate surface area is 117 Å². The Morgan fingerprint density at radius 1 is 1.53 bits per heavy atom. The highest BCUT2D eigenvalue weighted by Gasteiger charge is 2.28. The number of amidine groups is 1. The Hall–Kier alpha value is -1.46. The molecule has 0 radical (unpaired) electrons. The van der Waals surface area contributed by atoms with Crippen LogP contribution in [-0.4, -0.2) is 35.8 Å². The van der Waals surface area contributed by atoms with E-state index < -0.39 is 0 Å². The van der Waals surface area contributed by atoms with Gasteiger partial charge in [-0.15, -0.1) is 0 Å². The van der Waals surface area contributed by atoms with E-state index in [4.69, 9.17) is 22.5 Å². The molecule has 0 amide bonds. The van der Waals surface area contributed by atoms with Crippen molar-refractivity contribution < 1.29 is 10.3 Å². The van der Waals surface area contributed by atoms with Crippen molar-refractivity contribution in [2.45, 2.75) is 18.9 Å². The van der Waals surface area contributed by atoms with E-state index in [0.717, 1.165) is 25.1 Å². The van der Waals surface area contributed by atoms with Crippen molar-refractivity contribution in [3.05, 3.63) is 28.8 Å². The minimum Gasteiger partial charge on any atom is -0.409 e. The minimum atomic E-state index is -0.160. The first-order chi connectivity index (χ1) is 9.01. The minimum absolute atomic E-state index is 0.0398. The van der Waals surface area contributed by atoms with Gasteiger partial charge in [-0.25, -0.2) is 0 Å². The standard InChI is InChI=1S/C13H18ClN3O2/c1-17(7-8-4-10(18)5-8)12-3-2-9(14)6-11(12)13(15)16-19/h2-3,6,8,10,18-19H,4-5,7H2,1H3,(H2,15,16). The summed E-state index contributed by atoms with van der Waals surface area (Å²) in [5.41, 5.74) is 7.15. The van der Waals surface area contributed by atoms with E-state index >= 15 is 0 Å². The molecule has 6 heteroatoms. The molecule has 1 aromatic rings. The maximum absolute atomic E-state index is 9.31. The van der Waals surface area contributed by atoms with E-state index in [0.29, 0.717) is 16.5 Å². The second-order valence-corrected chi connectivity index (χ2v) is 5.45. The number of oxime groups is 1. The Balaban J connectivity index is 2.18. The average molecular weight is 284 g/mol. The molecule has 1 aromatic carbocycles. The van der Waals surface area contributed by atoms with Gasteiger partial charge in [0.1, 0.15) is 0 Å². The number of anilines is 1. The number of aliphatic hydroxyl groups is 1. The number of nitrogens with zero attached hydrogens (tertiary/aromatic N) is 2. The number of benzene rings is 1. The van der Waals surface area contributed by atoms with Crippen LogP contribution in [0.4, 0.5) is 5.69 Å². The van der Waals surface area contributed by atoms with Gasteiger partial charge in [0.05, 0.1) is 6.10 Å². The number of hydrogen-bond acceptors (Lipinski definition) is 4. The Kier molecular flexibility index (Phi) is 4.17. The molecule has 2 rings (SSSR count). The van der Waals surface area contributed by atoms with Crippen LogP contribution in [-0.2, 0) is 0 Å². The zero-order valence-corrected chi connectivity index (χ0v) is 11.5. The molecule has 0 heterocycles. The third-order valence-corrected chi connectivity index (χ3v) is 3.73. The summed E-state index contributed by atoms with van der Waals surface area (Å²) in [5, 5.41) is 21.7. The summed E-state index contributed by atoms with van der Waals surface area (Å²) in [4.78, 5) is 2.04. The van der Waals surface area contributed by atoms with Crippen molar-refractivity contribution in [2.75, 3.05) is 18.5 Å². The van der Waals surface area contributed by atoms with Gasteiger partial charge in [0, 0.05) is 29.9 Å². The number of hydrogen-bond donors (Lipinski definition) is 3. The van der Waals surface area contributed by atoms with Crippen molar-refractivity contribution in [2.24, 2.45) is 16.8 Å². The topological polar surface area (TPSA) is 82.1 Å². The van der Waals surface area contributed by atoms with E-state index in [1.807, 2.05) is 18.0 Å². The van der Waals surface area contributed by atoms with E-state index in [1.54, 1.807) is 12.1 Å². The molecule has 1 aliphatic rings. The van der Waals surface area contributed by atoms with Crippen molar-refractivity contribution in [1.82, 2.24) is 0 Å². The number of nitrogens with two attached hydrogens (primary N) is 1. The molecule has 1 aliphatic carbocycles. The fourth-order valence-corrected chi connectivity index (χ4v) is 2.61. The van der Waals surface area contributed by atoms with Crippen LogP contribution in [0.3, 0.4) is 0 Å². The molecule has 1 saturated carbocycles. The van der Waals surface area contributed by atoms with Crippen LogP contribution in [0.5, 0.6) is 0 Å². The molecule has 0 aliphatic heterocycles. The van der Waals surface area contributed by atoms with Crippen molar-refractivity contribution >= 4 is 23.1 Å². The molecule has 0 bridgehead atoms. The molecule has 0 unspecified atom stereocenters. The van der Waals surface area contributed by atoms with Crippen molar-refractivity contribution in [1.29, 1.82) is 0 Å². The molecule has 4 N–H and O–H groups in total. The van der Waals surface area contributed by atoms with Gasteiger partial charge in [-0.2, -0.15) is 0 Å². The lowest BCUT2D eigenvalue weighted by Crippen LogP contribution is -2.37. The van der Waals surface area contributed by atoms with Gasteiger partial charge >= 0.3 is 0 Å². The first-order valence-corrected chi connectivity index (χ1v) is 6.55. The second kappa shape index (κ2) is 5.67. The van der Waals surface area contributed by atoms with Gasteiger partial charge in [-0.05, 0) is 37.0 Å². The molecular formula is C13H18ClN3O2. The molecule has 0 atom stereocenters. The van der Waals surface area contributed by atoms with Gasteiger partial charge < -0.3 is 20.9 Å².